The van der Waals surface area contributed by atoms with E-state index in [0.29, 0.717) is 6.54 Å². The minimum atomic E-state index is 0.178. The van der Waals surface area contributed by atoms with Gasteiger partial charge >= 0.3 is 0 Å². The van der Waals surface area contributed by atoms with Crippen LogP contribution in [0, 0.1) is 0 Å². The van der Waals surface area contributed by atoms with Crippen LogP contribution in [0.2, 0.25) is 0 Å². The lowest BCUT2D eigenvalue weighted by Crippen LogP contribution is -2.55. The molecule has 0 atom stereocenters. The van der Waals surface area contributed by atoms with Crippen LogP contribution >= 0.6 is 0 Å². The van der Waals surface area contributed by atoms with Crippen molar-refractivity contribution in [1.29, 1.82) is 0 Å². The van der Waals surface area contributed by atoms with Crippen molar-refractivity contribution < 1.29 is 4.79 Å². The van der Waals surface area contributed by atoms with E-state index in [1.165, 1.54) is 32.1 Å². The van der Waals surface area contributed by atoms with Crippen molar-refractivity contribution in [1.82, 2.24) is 20.4 Å². The van der Waals surface area contributed by atoms with E-state index in [1.54, 1.807) is 0 Å². The van der Waals surface area contributed by atoms with Crippen LogP contribution < -0.4 is 10.6 Å². The van der Waals surface area contributed by atoms with E-state index in [-0.39, 0.29) is 11.4 Å². The molecule has 0 aromatic carbocycles. The van der Waals surface area contributed by atoms with Crippen molar-refractivity contribution in [3.8, 4) is 0 Å². The van der Waals surface area contributed by atoms with Crippen LogP contribution in [-0.2, 0) is 4.79 Å². The molecule has 2 aliphatic rings. The number of nitrogens with one attached hydrogen (secondary N) is 2. The Kier molecular flexibility index (Phi) is 5.81. The molecule has 0 radical (unpaired) electrons. The summed E-state index contributed by atoms with van der Waals surface area (Å²) in [5.41, 5.74) is 0.178. The van der Waals surface area contributed by atoms with Crippen LogP contribution in [0.4, 0.5) is 0 Å². The van der Waals surface area contributed by atoms with Crippen LogP contribution in [0.3, 0.4) is 0 Å². The monoisotopic (exact) mass is 282 g/mol. The fraction of sp³-hybridized carbons (Fsp3) is 0.933. The fourth-order valence-electron chi connectivity index (χ4n) is 3.38. The molecule has 5 nitrogen and oxygen atoms in total. The molecule has 116 valence electrons. The molecule has 5 heteroatoms. The minimum absolute atomic E-state index is 0.178. The normalized spacial score (nSPS) is 23.8. The highest BCUT2D eigenvalue weighted by molar-refractivity contribution is 5.78. The number of likely N-dealkylation sites (N-methyl/N-ethyl adjacent to an activating group) is 1. The first-order chi connectivity index (χ1) is 9.62. The van der Waals surface area contributed by atoms with Gasteiger partial charge in [0.25, 0.3) is 0 Å². The molecule has 2 N–H and O–H groups in total. The van der Waals surface area contributed by atoms with E-state index >= 15 is 0 Å². The van der Waals surface area contributed by atoms with Gasteiger partial charge in [-0.05, 0) is 26.9 Å². The highest BCUT2D eigenvalue weighted by atomic mass is 16.2. The molecule has 1 amide bonds. The zero-order valence-electron chi connectivity index (χ0n) is 13.1. The number of rotatable bonds is 5. The Bertz CT molecular complexity index is 307. The SMILES string of the molecule is CN(C)C1(CNC(=O)CN2CCNCC2)CCCCC1. The molecule has 0 aromatic heterocycles. The standard InChI is InChI=1S/C15H30N4O/c1-18(2)15(6-4-3-5-7-15)13-17-14(20)12-19-10-8-16-9-11-19/h16H,3-13H2,1-2H3,(H,17,20). The van der Waals surface area contributed by atoms with Crippen LogP contribution in [0.25, 0.3) is 0 Å². The quantitative estimate of drug-likeness (QED) is 0.760. The molecule has 0 bridgehead atoms. The summed E-state index contributed by atoms with van der Waals surface area (Å²) in [5.74, 6) is 0.179. The highest BCUT2D eigenvalue weighted by Crippen LogP contribution is 2.31. The zero-order valence-corrected chi connectivity index (χ0v) is 13.1. The number of hydrogen-bond donors (Lipinski definition) is 2. The largest absolute Gasteiger partial charge is 0.353 e. The molecular weight excluding hydrogens is 252 g/mol. The van der Waals surface area contributed by atoms with Gasteiger partial charge in [-0.1, -0.05) is 19.3 Å². The van der Waals surface area contributed by atoms with Crippen molar-refractivity contribution in [2.75, 3.05) is 53.4 Å². The van der Waals surface area contributed by atoms with Gasteiger partial charge < -0.3 is 15.5 Å². The second-order valence-corrected chi connectivity index (χ2v) is 6.48. The summed E-state index contributed by atoms with van der Waals surface area (Å²) in [6.07, 6.45) is 6.31. The summed E-state index contributed by atoms with van der Waals surface area (Å²) in [6.45, 7) is 5.29. The van der Waals surface area contributed by atoms with E-state index in [2.05, 4.69) is 34.5 Å². The molecule has 1 aliphatic heterocycles. The molecular formula is C15H30N4O. The maximum atomic E-state index is 12.1. The van der Waals surface area contributed by atoms with E-state index in [0.717, 1.165) is 32.7 Å². The van der Waals surface area contributed by atoms with Crippen molar-refractivity contribution in [2.24, 2.45) is 0 Å². The van der Waals surface area contributed by atoms with Crippen LogP contribution in [0.1, 0.15) is 32.1 Å². The minimum Gasteiger partial charge on any atom is -0.353 e. The molecule has 2 fully saturated rings. The number of hydrogen-bond acceptors (Lipinski definition) is 4. The van der Waals surface area contributed by atoms with E-state index in [9.17, 15) is 4.79 Å². The summed E-state index contributed by atoms with van der Waals surface area (Å²) >= 11 is 0. The lowest BCUT2D eigenvalue weighted by atomic mass is 9.80. The Balaban J connectivity index is 1.78. The number of nitrogens with zero attached hydrogens (tertiary/aromatic N) is 2. The van der Waals surface area contributed by atoms with Crippen LogP contribution in [-0.4, -0.2) is 74.6 Å². The lowest BCUT2D eigenvalue weighted by molar-refractivity contribution is -0.123. The Hall–Kier alpha value is -0.650. The Morgan fingerprint density at radius 2 is 1.85 bits per heavy atom. The lowest BCUT2D eigenvalue weighted by Gasteiger charge is -2.43. The van der Waals surface area contributed by atoms with Crippen LogP contribution in [0.5, 0.6) is 0 Å². The van der Waals surface area contributed by atoms with E-state index in [4.69, 9.17) is 0 Å². The summed E-state index contributed by atoms with van der Waals surface area (Å²) in [7, 11) is 4.29. The molecule has 1 heterocycles. The highest BCUT2D eigenvalue weighted by Gasteiger charge is 2.34. The number of amides is 1. The first-order valence-corrected chi connectivity index (χ1v) is 8.00. The molecule has 0 spiro atoms. The number of carbonyl (C=O) groups is 1. The predicted molar refractivity (Wildman–Crippen MR) is 81.8 cm³/mol. The van der Waals surface area contributed by atoms with Crippen LogP contribution in [0.15, 0.2) is 0 Å². The maximum absolute atomic E-state index is 12.1. The average Bonchev–Trinajstić information content (AvgIpc) is 2.47. The first kappa shape index (κ1) is 15.7. The van der Waals surface area contributed by atoms with Gasteiger partial charge in [0.15, 0.2) is 0 Å². The van der Waals surface area contributed by atoms with Gasteiger partial charge in [0.2, 0.25) is 5.91 Å². The van der Waals surface area contributed by atoms with Gasteiger partial charge in [0.05, 0.1) is 6.54 Å². The average molecular weight is 282 g/mol. The Morgan fingerprint density at radius 1 is 1.20 bits per heavy atom. The molecule has 0 unspecified atom stereocenters. The third kappa shape index (κ3) is 4.17. The van der Waals surface area contributed by atoms with E-state index in [1.807, 2.05) is 0 Å². The topological polar surface area (TPSA) is 47.6 Å². The van der Waals surface area contributed by atoms with Gasteiger partial charge in [-0.2, -0.15) is 0 Å². The fourth-order valence-corrected chi connectivity index (χ4v) is 3.38. The third-order valence-electron chi connectivity index (χ3n) is 4.92. The van der Waals surface area contributed by atoms with Gasteiger partial charge in [0, 0.05) is 38.3 Å². The Morgan fingerprint density at radius 3 is 2.45 bits per heavy atom. The summed E-state index contributed by atoms with van der Waals surface area (Å²) in [5, 5.41) is 6.49. The third-order valence-corrected chi connectivity index (χ3v) is 4.92. The summed E-state index contributed by atoms with van der Waals surface area (Å²) in [4.78, 5) is 16.7. The van der Waals surface area contributed by atoms with E-state index < -0.39 is 0 Å². The smallest absolute Gasteiger partial charge is 0.234 e. The second-order valence-electron chi connectivity index (χ2n) is 6.48. The molecule has 20 heavy (non-hydrogen) atoms. The predicted octanol–water partition coefficient (Wildman–Crippen LogP) is 0.272. The second kappa shape index (κ2) is 7.38. The molecule has 2 rings (SSSR count). The Labute approximate surface area is 123 Å². The summed E-state index contributed by atoms with van der Waals surface area (Å²) in [6, 6.07) is 0. The van der Waals surface area contributed by atoms with Gasteiger partial charge in [-0.25, -0.2) is 0 Å². The summed E-state index contributed by atoms with van der Waals surface area (Å²) < 4.78 is 0. The molecule has 1 saturated heterocycles. The van der Waals surface area contributed by atoms with Crippen molar-refractivity contribution in [3.63, 3.8) is 0 Å². The maximum Gasteiger partial charge on any atom is 0.234 e. The molecule has 0 aromatic rings. The van der Waals surface area contributed by atoms with Crippen molar-refractivity contribution >= 4 is 5.91 Å². The van der Waals surface area contributed by atoms with Gasteiger partial charge in [-0.15, -0.1) is 0 Å². The number of piperazine rings is 1. The first-order valence-electron chi connectivity index (χ1n) is 8.00. The number of carbonyl (C=O) groups excluding carboxylic acids is 1. The zero-order chi connectivity index (χ0) is 14.4. The molecule has 1 saturated carbocycles. The van der Waals surface area contributed by atoms with Crippen molar-refractivity contribution in [3.05, 3.63) is 0 Å². The van der Waals surface area contributed by atoms with Crippen molar-refractivity contribution in [2.45, 2.75) is 37.6 Å². The van der Waals surface area contributed by atoms with Gasteiger partial charge in [-0.3, -0.25) is 9.69 Å². The molecule has 1 aliphatic carbocycles. The van der Waals surface area contributed by atoms with Gasteiger partial charge in [0.1, 0.15) is 0 Å².